The number of hydrogen-bond acceptors (Lipinski definition) is 2. The summed E-state index contributed by atoms with van der Waals surface area (Å²) in [7, 11) is 0. The zero-order valence-electron chi connectivity index (χ0n) is 12.4. The molecule has 118 valence electrons. The van der Waals surface area contributed by atoms with Crippen molar-refractivity contribution >= 4 is 34.2 Å². The van der Waals surface area contributed by atoms with E-state index in [1.807, 2.05) is 12.1 Å². The highest BCUT2D eigenvalue weighted by molar-refractivity contribution is 9.10. The number of carbonyl (C=O) groups excluding carboxylic acids is 1. The van der Waals surface area contributed by atoms with Crippen molar-refractivity contribution in [2.75, 3.05) is 13.1 Å². The monoisotopic (exact) mass is 374 g/mol. The number of rotatable bonds is 6. The van der Waals surface area contributed by atoms with Crippen molar-refractivity contribution in [3.63, 3.8) is 0 Å². The van der Waals surface area contributed by atoms with Gasteiger partial charge in [-0.1, -0.05) is 28.1 Å². The van der Waals surface area contributed by atoms with Crippen LogP contribution in [0.1, 0.15) is 31.7 Å². The molecule has 0 spiro atoms. The first-order valence-electron chi connectivity index (χ1n) is 7.38. The van der Waals surface area contributed by atoms with Crippen molar-refractivity contribution in [1.29, 1.82) is 0 Å². The van der Waals surface area contributed by atoms with Crippen LogP contribution in [0.5, 0.6) is 0 Å². The van der Waals surface area contributed by atoms with E-state index in [9.17, 15) is 4.79 Å². The number of hydrogen-bond donors (Lipinski definition) is 2. The number of nitrogens with one attached hydrogen (secondary N) is 2. The Hall–Kier alpha value is -0.580. The molecule has 0 radical (unpaired) electrons. The van der Waals surface area contributed by atoms with Crippen LogP contribution in [0.4, 0.5) is 0 Å². The summed E-state index contributed by atoms with van der Waals surface area (Å²) >= 11 is 3.43. The second kappa shape index (κ2) is 9.44. The van der Waals surface area contributed by atoms with Crippen LogP contribution < -0.4 is 10.6 Å². The van der Waals surface area contributed by atoms with Crippen LogP contribution in [-0.4, -0.2) is 25.0 Å². The highest BCUT2D eigenvalue weighted by Gasteiger charge is 2.16. The minimum Gasteiger partial charge on any atom is -0.353 e. The lowest BCUT2D eigenvalue weighted by Gasteiger charge is -2.15. The second-order valence-corrected chi connectivity index (χ2v) is 6.61. The third kappa shape index (κ3) is 6.81. The number of carbonyl (C=O) groups is 1. The van der Waals surface area contributed by atoms with E-state index in [2.05, 4.69) is 45.6 Å². The van der Waals surface area contributed by atoms with Gasteiger partial charge in [-0.15, -0.1) is 12.4 Å². The van der Waals surface area contributed by atoms with Crippen molar-refractivity contribution in [1.82, 2.24) is 10.6 Å². The van der Waals surface area contributed by atoms with E-state index in [4.69, 9.17) is 0 Å². The van der Waals surface area contributed by atoms with Gasteiger partial charge in [0.2, 0.25) is 5.91 Å². The van der Waals surface area contributed by atoms with Gasteiger partial charge in [0.15, 0.2) is 0 Å². The summed E-state index contributed by atoms with van der Waals surface area (Å²) in [6.07, 6.45) is 3.74. The second-order valence-electron chi connectivity index (χ2n) is 5.70. The maximum absolute atomic E-state index is 11.9. The molecule has 2 N–H and O–H groups in total. The lowest BCUT2D eigenvalue weighted by atomic mass is 10.0. The predicted octanol–water partition coefficient (Wildman–Crippen LogP) is 3.31. The quantitative estimate of drug-likeness (QED) is 0.801. The molecular formula is C16H24BrClN2O. The van der Waals surface area contributed by atoms with Crippen molar-refractivity contribution in [3.05, 3.63) is 34.3 Å². The van der Waals surface area contributed by atoms with Crippen LogP contribution in [0.2, 0.25) is 0 Å². The fourth-order valence-corrected chi connectivity index (χ4v) is 2.93. The Morgan fingerprint density at radius 1 is 1.43 bits per heavy atom. The van der Waals surface area contributed by atoms with Gasteiger partial charge in [-0.2, -0.15) is 0 Å². The summed E-state index contributed by atoms with van der Waals surface area (Å²) in [6.45, 7) is 4.24. The zero-order valence-corrected chi connectivity index (χ0v) is 14.8. The maximum atomic E-state index is 11.9. The van der Waals surface area contributed by atoms with Gasteiger partial charge >= 0.3 is 0 Å². The van der Waals surface area contributed by atoms with Gasteiger partial charge in [0, 0.05) is 16.9 Å². The molecule has 2 atom stereocenters. The Balaban J connectivity index is 0.00000220. The largest absolute Gasteiger partial charge is 0.353 e. The Kier molecular flexibility index (Phi) is 8.30. The molecular weight excluding hydrogens is 352 g/mol. The minimum atomic E-state index is 0. The average molecular weight is 376 g/mol. The summed E-state index contributed by atoms with van der Waals surface area (Å²) in [5, 5.41) is 6.43. The molecule has 0 aromatic heterocycles. The molecule has 1 aliphatic rings. The topological polar surface area (TPSA) is 41.1 Å². The van der Waals surface area contributed by atoms with Crippen molar-refractivity contribution in [2.45, 2.75) is 38.6 Å². The van der Waals surface area contributed by atoms with Crippen LogP contribution in [0.3, 0.4) is 0 Å². The van der Waals surface area contributed by atoms with E-state index in [-0.39, 0.29) is 24.4 Å². The molecule has 1 heterocycles. The van der Waals surface area contributed by atoms with Crippen molar-refractivity contribution in [3.8, 4) is 0 Å². The first kappa shape index (κ1) is 18.5. The molecule has 21 heavy (non-hydrogen) atoms. The van der Waals surface area contributed by atoms with Crippen LogP contribution in [0, 0.1) is 5.92 Å². The fourth-order valence-electron chi connectivity index (χ4n) is 2.67. The number of halogens is 2. The summed E-state index contributed by atoms with van der Waals surface area (Å²) < 4.78 is 1.09. The SMILES string of the molecule is CC(Cc1ccc(Br)cc1)NC(=O)CCC1CCNC1.Cl. The molecule has 0 saturated carbocycles. The van der Waals surface area contributed by atoms with E-state index in [0.717, 1.165) is 30.4 Å². The van der Waals surface area contributed by atoms with Gasteiger partial charge in [0.1, 0.15) is 0 Å². The molecule has 1 aliphatic heterocycles. The number of benzene rings is 1. The highest BCUT2D eigenvalue weighted by atomic mass is 79.9. The molecule has 5 heteroatoms. The fraction of sp³-hybridized carbons (Fsp3) is 0.562. The Bertz CT molecular complexity index is 432. The molecule has 1 aromatic rings. The smallest absolute Gasteiger partial charge is 0.220 e. The summed E-state index contributed by atoms with van der Waals surface area (Å²) in [5.74, 6) is 0.865. The Labute approximate surface area is 141 Å². The first-order valence-corrected chi connectivity index (χ1v) is 8.17. The Morgan fingerprint density at radius 2 is 2.14 bits per heavy atom. The molecule has 1 saturated heterocycles. The average Bonchev–Trinajstić information content (AvgIpc) is 2.92. The van der Waals surface area contributed by atoms with Gasteiger partial charge in [-0.25, -0.2) is 0 Å². The third-order valence-corrected chi connectivity index (χ3v) is 4.33. The van der Waals surface area contributed by atoms with E-state index >= 15 is 0 Å². The maximum Gasteiger partial charge on any atom is 0.220 e. The molecule has 1 amide bonds. The molecule has 0 aliphatic carbocycles. The molecule has 1 fully saturated rings. The lowest BCUT2D eigenvalue weighted by molar-refractivity contribution is -0.121. The summed E-state index contributed by atoms with van der Waals surface area (Å²) in [5.41, 5.74) is 1.25. The van der Waals surface area contributed by atoms with E-state index in [0.29, 0.717) is 12.3 Å². The van der Waals surface area contributed by atoms with Gasteiger partial charge in [0.25, 0.3) is 0 Å². The molecule has 2 rings (SSSR count). The van der Waals surface area contributed by atoms with Crippen LogP contribution in [-0.2, 0) is 11.2 Å². The van der Waals surface area contributed by atoms with Crippen LogP contribution in [0.25, 0.3) is 0 Å². The van der Waals surface area contributed by atoms with Gasteiger partial charge in [-0.05, 0) is 62.9 Å². The first-order chi connectivity index (χ1) is 9.63. The minimum absolute atomic E-state index is 0. The van der Waals surface area contributed by atoms with Crippen LogP contribution >= 0.6 is 28.3 Å². The summed E-state index contributed by atoms with van der Waals surface area (Å²) in [6, 6.07) is 8.45. The lowest BCUT2D eigenvalue weighted by Crippen LogP contribution is -2.34. The Morgan fingerprint density at radius 3 is 2.76 bits per heavy atom. The highest BCUT2D eigenvalue weighted by Crippen LogP contribution is 2.14. The van der Waals surface area contributed by atoms with Gasteiger partial charge in [0.05, 0.1) is 0 Å². The number of amides is 1. The standard InChI is InChI=1S/C16H23BrN2O.ClH/c1-12(10-13-2-5-15(17)6-3-13)19-16(20)7-4-14-8-9-18-11-14;/h2-3,5-6,12,14,18H,4,7-11H2,1H3,(H,19,20);1H. The van der Waals surface area contributed by atoms with Crippen molar-refractivity contribution < 1.29 is 4.79 Å². The zero-order chi connectivity index (χ0) is 14.4. The molecule has 2 unspecified atom stereocenters. The normalized spacial score (nSPS) is 18.9. The third-order valence-electron chi connectivity index (χ3n) is 3.80. The van der Waals surface area contributed by atoms with Crippen molar-refractivity contribution in [2.24, 2.45) is 5.92 Å². The predicted molar refractivity (Wildman–Crippen MR) is 92.9 cm³/mol. The molecule has 0 bridgehead atoms. The van der Waals surface area contributed by atoms with E-state index in [1.165, 1.54) is 12.0 Å². The van der Waals surface area contributed by atoms with Crippen LogP contribution in [0.15, 0.2) is 28.7 Å². The molecule has 1 aromatic carbocycles. The molecule has 3 nitrogen and oxygen atoms in total. The van der Waals surface area contributed by atoms with Gasteiger partial charge in [-0.3, -0.25) is 4.79 Å². The van der Waals surface area contributed by atoms with Gasteiger partial charge < -0.3 is 10.6 Å². The summed E-state index contributed by atoms with van der Waals surface area (Å²) in [4.78, 5) is 11.9. The van der Waals surface area contributed by atoms with E-state index < -0.39 is 0 Å². The van der Waals surface area contributed by atoms with E-state index in [1.54, 1.807) is 0 Å².